The van der Waals surface area contributed by atoms with Crippen LogP contribution in [0.1, 0.15) is 34.9 Å². The van der Waals surface area contributed by atoms with E-state index in [9.17, 15) is 18.4 Å². The van der Waals surface area contributed by atoms with Crippen molar-refractivity contribution in [3.05, 3.63) is 76.0 Å². The average Bonchev–Trinajstić information content (AvgIpc) is 3.14. The van der Waals surface area contributed by atoms with Crippen molar-refractivity contribution in [3.8, 4) is 11.1 Å². The highest BCUT2D eigenvalue weighted by molar-refractivity contribution is 5.95. The molecule has 1 aliphatic heterocycles. The van der Waals surface area contributed by atoms with Gasteiger partial charge in [-0.05, 0) is 48.2 Å². The lowest BCUT2D eigenvalue weighted by Crippen LogP contribution is -2.39. The highest BCUT2D eigenvalue weighted by atomic mass is 19.1. The minimum Gasteiger partial charge on any atom is -0.338 e. The zero-order chi connectivity index (χ0) is 19.7. The summed E-state index contributed by atoms with van der Waals surface area (Å²) in [6, 6.07) is 10.1. The van der Waals surface area contributed by atoms with E-state index in [2.05, 4.69) is 15.2 Å². The Morgan fingerprint density at radius 2 is 1.86 bits per heavy atom. The van der Waals surface area contributed by atoms with Gasteiger partial charge < -0.3 is 4.90 Å². The maximum absolute atomic E-state index is 14.7. The van der Waals surface area contributed by atoms with E-state index in [0.29, 0.717) is 30.0 Å². The number of nitrogens with one attached hydrogen (secondary N) is 2. The van der Waals surface area contributed by atoms with Gasteiger partial charge in [0.05, 0.1) is 5.56 Å². The number of carbonyl (C=O) groups excluding carboxylic acids is 1. The van der Waals surface area contributed by atoms with Crippen LogP contribution in [0.25, 0.3) is 11.1 Å². The maximum atomic E-state index is 14.7. The molecule has 2 N–H and O–H groups in total. The van der Waals surface area contributed by atoms with E-state index in [4.69, 9.17) is 0 Å². The molecule has 6 nitrogen and oxygen atoms in total. The molecule has 1 saturated heterocycles. The molecule has 2 heterocycles. The first-order chi connectivity index (χ1) is 13.5. The second-order valence-electron chi connectivity index (χ2n) is 6.85. The van der Waals surface area contributed by atoms with Crippen molar-refractivity contribution in [2.75, 3.05) is 13.1 Å². The van der Waals surface area contributed by atoms with E-state index >= 15 is 0 Å². The second kappa shape index (κ2) is 7.38. The molecule has 144 valence electrons. The van der Waals surface area contributed by atoms with Gasteiger partial charge in [-0.2, -0.15) is 5.10 Å². The Balaban J connectivity index is 1.54. The van der Waals surface area contributed by atoms with Gasteiger partial charge in [0, 0.05) is 19.0 Å². The molecule has 0 aliphatic carbocycles. The van der Waals surface area contributed by atoms with Gasteiger partial charge in [0.2, 0.25) is 0 Å². The zero-order valence-electron chi connectivity index (χ0n) is 14.9. The van der Waals surface area contributed by atoms with Crippen LogP contribution in [0.3, 0.4) is 0 Å². The van der Waals surface area contributed by atoms with E-state index < -0.39 is 11.7 Å². The fourth-order valence-electron chi connectivity index (χ4n) is 3.54. The number of hydrogen-bond acceptors (Lipinski definition) is 3. The van der Waals surface area contributed by atoms with Gasteiger partial charge >= 0.3 is 5.69 Å². The van der Waals surface area contributed by atoms with Gasteiger partial charge in [0.25, 0.3) is 5.91 Å². The standard InChI is InChI=1S/C20H18F2N4O2/c21-15-6-3-12(4-7-15)13-5-8-16(17(22)10-13)19(27)26-9-1-2-14(11-26)18-23-20(28)25-24-18/h3-8,10,14H,1-2,9,11H2,(H2,23,24,25,28). The van der Waals surface area contributed by atoms with Gasteiger partial charge in [-0.1, -0.05) is 18.2 Å². The summed E-state index contributed by atoms with van der Waals surface area (Å²) in [7, 11) is 0. The molecule has 8 heteroatoms. The van der Waals surface area contributed by atoms with Crippen molar-refractivity contribution in [1.29, 1.82) is 0 Å². The smallest absolute Gasteiger partial charge is 0.338 e. The predicted molar refractivity (Wildman–Crippen MR) is 98.9 cm³/mol. The van der Waals surface area contributed by atoms with Crippen molar-refractivity contribution in [2.24, 2.45) is 0 Å². The van der Waals surface area contributed by atoms with E-state index in [1.54, 1.807) is 23.1 Å². The quantitative estimate of drug-likeness (QED) is 0.728. The van der Waals surface area contributed by atoms with Crippen LogP contribution in [0.5, 0.6) is 0 Å². The first kappa shape index (κ1) is 18.1. The highest BCUT2D eigenvalue weighted by Crippen LogP contribution is 2.27. The summed E-state index contributed by atoms with van der Waals surface area (Å²) < 4.78 is 27.7. The number of hydrogen-bond donors (Lipinski definition) is 2. The molecule has 0 radical (unpaired) electrons. The first-order valence-corrected chi connectivity index (χ1v) is 9.00. The largest absolute Gasteiger partial charge is 0.340 e. The van der Waals surface area contributed by atoms with E-state index in [1.807, 2.05) is 0 Å². The number of benzene rings is 2. The van der Waals surface area contributed by atoms with Crippen LogP contribution in [-0.2, 0) is 0 Å². The first-order valence-electron chi connectivity index (χ1n) is 9.00. The Morgan fingerprint density at radius 1 is 1.11 bits per heavy atom. The SMILES string of the molecule is O=C(c1ccc(-c2ccc(F)cc2)cc1F)N1CCCC(c2n[nH]c(=O)[nH]2)C1. The van der Waals surface area contributed by atoms with Crippen LogP contribution in [0.4, 0.5) is 8.78 Å². The third kappa shape index (κ3) is 3.58. The van der Waals surface area contributed by atoms with Gasteiger partial charge in [0.1, 0.15) is 17.5 Å². The molecule has 0 bridgehead atoms. The van der Waals surface area contributed by atoms with Crippen LogP contribution < -0.4 is 5.69 Å². The molecule has 3 aromatic rings. The van der Waals surface area contributed by atoms with Gasteiger partial charge in [-0.3, -0.25) is 9.78 Å². The van der Waals surface area contributed by atoms with Gasteiger partial charge in [-0.25, -0.2) is 18.7 Å². The minimum absolute atomic E-state index is 0.0120. The molecule has 0 saturated carbocycles. The van der Waals surface area contributed by atoms with Gasteiger partial charge in [0.15, 0.2) is 0 Å². The van der Waals surface area contributed by atoms with Crippen LogP contribution in [0.15, 0.2) is 47.3 Å². The van der Waals surface area contributed by atoms with Crippen molar-refractivity contribution in [3.63, 3.8) is 0 Å². The summed E-state index contributed by atoms with van der Waals surface area (Å²) in [5, 5.41) is 6.27. The second-order valence-corrected chi connectivity index (χ2v) is 6.85. The van der Waals surface area contributed by atoms with Gasteiger partial charge in [-0.15, -0.1) is 0 Å². The van der Waals surface area contributed by atoms with Crippen LogP contribution in [0, 0.1) is 11.6 Å². The Morgan fingerprint density at radius 3 is 2.54 bits per heavy atom. The lowest BCUT2D eigenvalue weighted by Gasteiger charge is -2.31. The molecule has 2 aromatic carbocycles. The number of amides is 1. The molecule has 1 unspecified atom stereocenters. The van der Waals surface area contributed by atoms with Crippen LogP contribution >= 0.6 is 0 Å². The number of aromatic amines is 2. The van der Waals surface area contributed by atoms with Crippen molar-refractivity contribution in [2.45, 2.75) is 18.8 Å². The molecule has 4 rings (SSSR count). The predicted octanol–water partition coefficient (Wildman–Crippen LogP) is 3.06. The highest BCUT2D eigenvalue weighted by Gasteiger charge is 2.28. The van der Waals surface area contributed by atoms with E-state index in [0.717, 1.165) is 12.8 Å². The molecule has 1 aliphatic rings. The molecular formula is C20H18F2N4O2. The average molecular weight is 384 g/mol. The number of nitrogens with zero attached hydrogens (tertiary/aromatic N) is 2. The molecule has 1 amide bonds. The maximum Gasteiger partial charge on any atom is 0.340 e. The number of likely N-dealkylation sites (tertiary alicyclic amines) is 1. The number of halogens is 2. The Labute approximate surface area is 159 Å². The number of aromatic nitrogens is 3. The number of rotatable bonds is 3. The molecule has 1 atom stereocenters. The minimum atomic E-state index is -0.623. The molecular weight excluding hydrogens is 366 g/mol. The van der Waals surface area contributed by atoms with Crippen LogP contribution in [0.2, 0.25) is 0 Å². The summed E-state index contributed by atoms with van der Waals surface area (Å²) >= 11 is 0. The number of H-pyrrole nitrogens is 2. The third-order valence-corrected chi connectivity index (χ3v) is 4.99. The van der Waals surface area contributed by atoms with Crippen LogP contribution in [-0.4, -0.2) is 39.1 Å². The van der Waals surface area contributed by atoms with E-state index in [1.165, 1.54) is 24.3 Å². The molecule has 28 heavy (non-hydrogen) atoms. The summed E-state index contributed by atoms with van der Waals surface area (Å²) in [6.07, 6.45) is 1.52. The number of carbonyl (C=O) groups is 1. The summed E-state index contributed by atoms with van der Waals surface area (Å²) in [5.41, 5.74) is 0.836. The fraction of sp³-hybridized carbons (Fsp3) is 0.250. The molecule has 1 fully saturated rings. The Bertz CT molecular complexity index is 1060. The van der Waals surface area contributed by atoms with Crippen molar-refractivity contribution in [1.82, 2.24) is 20.1 Å². The Kier molecular flexibility index (Phi) is 4.77. The Hall–Kier alpha value is -3.29. The van der Waals surface area contributed by atoms with Crippen molar-refractivity contribution >= 4 is 5.91 Å². The molecule has 1 aromatic heterocycles. The fourth-order valence-corrected chi connectivity index (χ4v) is 3.54. The molecule has 0 spiro atoms. The summed E-state index contributed by atoms with van der Waals surface area (Å²) in [4.78, 5) is 28.3. The van der Waals surface area contributed by atoms with Crippen molar-refractivity contribution < 1.29 is 13.6 Å². The number of piperidine rings is 1. The normalized spacial score (nSPS) is 16.9. The third-order valence-electron chi connectivity index (χ3n) is 4.99. The zero-order valence-corrected chi connectivity index (χ0v) is 14.9. The van der Waals surface area contributed by atoms with E-state index in [-0.39, 0.29) is 23.0 Å². The lowest BCUT2D eigenvalue weighted by atomic mass is 9.96. The monoisotopic (exact) mass is 384 g/mol. The topological polar surface area (TPSA) is 81.8 Å². The summed E-state index contributed by atoms with van der Waals surface area (Å²) in [6.45, 7) is 0.877. The lowest BCUT2D eigenvalue weighted by molar-refractivity contribution is 0.0700. The summed E-state index contributed by atoms with van der Waals surface area (Å²) in [5.74, 6) is -0.977.